The number of nitrogens with zero attached hydrogens (tertiary/aromatic N) is 2. The maximum atomic E-state index is 12.5. The Balaban J connectivity index is 0.00000208. The van der Waals surface area contributed by atoms with Crippen molar-refractivity contribution in [2.75, 3.05) is 24.5 Å². The number of halogens is 1. The smallest absolute Gasteiger partial charge is 0.227 e. The van der Waals surface area contributed by atoms with Gasteiger partial charge in [-0.25, -0.2) is 0 Å². The van der Waals surface area contributed by atoms with Gasteiger partial charge in [0, 0.05) is 37.7 Å². The van der Waals surface area contributed by atoms with E-state index in [9.17, 15) is 9.59 Å². The summed E-state index contributed by atoms with van der Waals surface area (Å²) >= 11 is 0. The summed E-state index contributed by atoms with van der Waals surface area (Å²) in [4.78, 5) is 28.5. The fourth-order valence-electron chi connectivity index (χ4n) is 3.75. The van der Waals surface area contributed by atoms with E-state index < -0.39 is 0 Å². The lowest BCUT2D eigenvalue weighted by molar-refractivity contribution is -0.131. The Morgan fingerprint density at radius 2 is 2.04 bits per heavy atom. The number of rotatable bonds is 4. The van der Waals surface area contributed by atoms with Crippen LogP contribution in [0, 0.1) is 5.92 Å². The molecule has 2 atom stereocenters. The van der Waals surface area contributed by atoms with Crippen molar-refractivity contribution >= 4 is 29.9 Å². The number of hydrogen-bond acceptors (Lipinski definition) is 3. The summed E-state index contributed by atoms with van der Waals surface area (Å²) in [5.41, 5.74) is 7.89. The normalized spacial score (nSPS) is 23.0. The molecule has 6 heteroatoms. The highest BCUT2D eigenvalue weighted by atomic mass is 35.5. The van der Waals surface area contributed by atoms with E-state index >= 15 is 0 Å². The van der Waals surface area contributed by atoms with E-state index in [2.05, 4.69) is 13.0 Å². The molecule has 2 unspecified atom stereocenters. The fourth-order valence-corrected chi connectivity index (χ4v) is 3.75. The highest BCUT2D eigenvalue weighted by molar-refractivity contribution is 5.97. The second kappa shape index (κ2) is 7.99. The summed E-state index contributed by atoms with van der Waals surface area (Å²) in [5, 5.41) is 0. The summed E-state index contributed by atoms with van der Waals surface area (Å²) in [7, 11) is 0. The van der Waals surface area contributed by atoms with Gasteiger partial charge < -0.3 is 15.5 Å². The highest BCUT2D eigenvalue weighted by Crippen LogP contribution is 2.28. The van der Waals surface area contributed by atoms with Crippen molar-refractivity contribution in [1.29, 1.82) is 0 Å². The number of amides is 2. The molecule has 1 aromatic rings. The Labute approximate surface area is 149 Å². The number of anilines is 1. The van der Waals surface area contributed by atoms with Gasteiger partial charge in [-0.1, -0.05) is 18.2 Å². The minimum atomic E-state index is 0. The number of nitrogens with two attached hydrogens (primary N) is 1. The summed E-state index contributed by atoms with van der Waals surface area (Å²) < 4.78 is 0. The largest absolute Gasteiger partial charge is 0.340 e. The van der Waals surface area contributed by atoms with Crippen molar-refractivity contribution in [2.24, 2.45) is 11.7 Å². The standard InChI is InChI=1S/C18H25N3O2.ClH/c1-13-10-14(11-19)12-21(13)18(23)8-9-20-16-5-3-2-4-15(16)6-7-17(20)22;/h2-5,13-14H,6-12,19H2,1H3;1H. The van der Waals surface area contributed by atoms with Crippen molar-refractivity contribution in [1.82, 2.24) is 4.90 Å². The molecular weight excluding hydrogens is 326 g/mol. The van der Waals surface area contributed by atoms with Gasteiger partial charge in [0.2, 0.25) is 11.8 Å². The monoisotopic (exact) mass is 351 g/mol. The van der Waals surface area contributed by atoms with Crippen LogP contribution in [0.1, 0.15) is 31.7 Å². The first-order valence-corrected chi connectivity index (χ1v) is 8.48. The minimum absolute atomic E-state index is 0. The second-order valence-corrected chi connectivity index (χ2v) is 6.66. The van der Waals surface area contributed by atoms with Crippen LogP contribution in [0.4, 0.5) is 5.69 Å². The molecule has 5 nitrogen and oxygen atoms in total. The van der Waals surface area contributed by atoms with Gasteiger partial charge in [-0.3, -0.25) is 9.59 Å². The lowest BCUT2D eigenvalue weighted by atomic mass is 10.0. The molecule has 0 spiro atoms. The molecule has 1 saturated heterocycles. The van der Waals surface area contributed by atoms with Gasteiger partial charge in [0.05, 0.1) is 0 Å². The molecular formula is C18H26ClN3O2. The highest BCUT2D eigenvalue weighted by Gasteiger charge is 2.32. The lowest BCUT2D eigenvalue weighted by Crippen LogP contribution is -2.40. The number of para-hydroxylation sites is 1. The maximum Gasteiger partial charge on any atom is 0.227 e. The number of hydrogen-bond donors (Lipinski definition) is 1. The number of fused-ring (bicyclic) bond motifs is 1. The zero-order valence-corrected chi connectivity index (χ0v) is 14.9. The first-order chi connectivity index (χ1) is 11.1. The van der Waals surface area contributed by atoms with Gasteiger partial charge in [-0.15, -0.1) is 12.4 Å². The second-order valence-electron chi connectivity index (χ2n) is 6.66. The Morgan fingerprint density at radius 3 is 2.75 bits per heavy atom. The molecule has 2 amide bonds. The number of carbonyl (C=O) groups is 2. The Morgan fingerprint density at radius 1 is 1.29 bits per heavy atom. The summed E-state index contributed by atoms with van der Waals surface area (Å²) in [5.74, 6) is 0.654. The molecule has 3 rings (SSSR count). The van der Waals surface area contributed by atoms with Crippen LogP contribution < -0.4 is 10.6 Å². The predicted octanol–water partition coefficient (Wildman–Crippen LogP) is 1.97. The van der Waals surface area contributed by atoms with Crippen LogP contribution in [0.3, 0.4) is 0 Å². The summed E-state index contributed by atoms with van der Waals surface area (Å²) in [6.07, 6.45) is 2.68. The predicted molar refractivity (Wildman–Crippen MR) is 97.3 cm³/mol. The van der Waals surface area contributed by atoms with Crippen LogP contribution in [0.25, 0.3) is 0 Å². The molecule has 0 aromatic heterocycles. The molecule has 2 aliphatic rings. The van der Waals surface area contributed by atoms with E-state index in [1.165, 1.54) is 5.56 Å². The molecule has 0 bridgehead atoms. The van der Waals surface area contributed by atoms with E-state index in [0.29, 0.717) is 31.8 Å². The van der Waals surface area contributed by atoms with E-state index in [4.69, 9.17) is 5.73 Å². The van der Waals surface area contributed by atoms with Gasteiger partial charge in [-0.05, 0) is 43.9 Å². The minimum Gasteiger partial charge on any atom is -0.340 e. The van der Waals surface area contributed by atoms with Gasteiger partial charge in [0.1, 0.15) is 0 Å². The van der Waals surface area contributed by atoms with Gasteiger partial charge in [0.25, 0.3) is 0 Å². The fraction of sp³-hybridized carbons (Fsp3) is 0.556. The molecule has 0 saturated carbocycles. The third-order valence-corrected chi connectivity index (χ3v) is 5.06. The lowest BCUT2D eigenvalue weighted by Gasteiger charge is -2.30. The molecule has 1 aromatic carbocycles. The molecule has 0 radical (unpaired) electrons. The Hall–Kier alpha value is -1.59. The SMILES string of the molecule is CC1CC(CN)CN1C(=O)CCN1C(=O)CCc2ccccc21.Cl. The average Bonchev–Trinajstić information content (AvgIpc) is 2.95. The molecule has 24 heavy (non-hydrogen) atoms. The Kier molecular flexibility index (Phi) is 6.24. The molecule has 2 heterocycles. The van der Waals surface area contributed by atoms with Gasteiger partial charge >= 0.3 is 0 Å². The molecule has 132 valence electrons. The number of carbonyl (C=O) groups excluding carboxylic acids is 2. The van der Waals surface area contributed by atoms with E-state index in [-0.39, 0.29) is 30.3 Å². The van der Waals surface area contributed by atoms with Crippen LogP contribution >= 0.6 is 12.4 Å². The first kappa shape index (κ1) is 18.7. The van der Waals surface area contributed by atoms with Crippen molar-refractivity contribution in [2.45, 2.75) is 38.6 Å². The van der Waals surface area contributed by atoms with Gasteiger partial charge in [0.15, 0.2) is 0 Å². The zero-order valence-electron chi connectivity index (χ0n) is 14.1. The van der Waals surface area contributed by atoms with Crippen molar-refractivity contribution in [3.05, 3.63) is 29.8 Å². The van der Waals surface area contributed by atoms with Crippen molar-refractivity contribution in [3.63, 3.8) is 0 Å². The van der Waals surface area contributed by atoms with Crippen LogP contribution in [-0.2, 0) is 16.0 Å². The van der Waals surface area contributed by atoms with E-state index in [1.54, 1.807) is 4.90 Å². The van der Waals surface area contributed by atoms with E-state index in [1.807, 2.05) is 23.1 Å². The third-order valence-electron chi connectivity index (χ3n) is 5.06. The topological polar surface area (TPSA) is 66.6 Å². The summed E-state index contributed by atoms with van der Waals surface area (Å²) in [6.45, 7) is 3.92. The van der Waals surface area contributed by atoms with Crippen LogP contribution in [0.2, 0.25) is 0 Å². The number of likely N-dealkylation sites (tertiary alicyclic amines) is 1. The van der Waals surface area contributed by atoms with Gasteiger partial charge in [-0.2, -0.15) is 0 Å². The van der Waals surface area contributed by atoms with Crippen molar-refractivity contribution in [3.8, 4) is 0 Å². The third kappa shape index (κ3) is 3.73. The number of benzene rings is 1. The molecule has 2 N–H and O–H groups in total. The molecule has 2 aliphatic heterocycles. The van der Waals surface area contributed by atoms with E-state index in [0.717, 1.165) is 25.1 Å². The molecule has 1 fully saturated rings. The Bertz CT molecular complexity index is 608. The average molecular weight is 352 g/mol. The van der Waals surface area contributed by atoms with Crippen LogP contribution in [-0.4, -0.2) is 42.4 Å². The van der Waals surface area contributed by atoms with Crippen molar-refractivity contribution < 1.29 is 9.59 Å². The maximum absolute atomic E-state index is 12.5. The summed E-state index contributed by atoms with van der Waals surface area (Å²) in [6, 6.07) is 8.22. The van der Waals surface area contributed by atoms with Crippen LogP contribution in [0.5, 0.6) is 0 Å². The zero-order chi connectivity index (χ0) is 16.4. The number of aryl methyl sites for hydroxylation is 1. The quantitative estimate of drug-likeness (QED) is 0.901. The first-order valence-electron chi connectivity index (χ1n) is 8.48. The van der Waals surface area contributed by atoms with Crippen LogP contribution in [0.15, 0.2) is 24.3 Å². The molecule has 0 aliphatic carbocycles.